The molecule has 1 atom stereocenters. The first-order chi connectivity index (χ1) is 11.7. The fourth-order valence-corrected chi connectivity index (χ4v) is 3.62. The summed E-state index contributed by atoms with van der Waals surface area (Å²) in [4.78, 5) is 28.6. The van der Waals surface area contributed by atoms with Gasteiger partial charge in [-0.2, -0.15) is 0 Å². The van der Waals surface area contributed by atoms with Gasteiger partial charge in [-0.15, -0.1) is 0 Å². The molecule has 1 aromatic rings. The third-order valence-corrected chi connectivity index (χ3v) is 5.10. The highest BCUT2D eigenvalue weighted by Gasteiger charge is 2.31. The second kappa shape index (κ2) is 7.79. The fraction of sp³-hybridized carbons (Fsp3) is 0.579. The quantitative estimate of drug-likeness (QED) is 0.903. The molecule has 0 spiro atoms. The van der Waals surface area contributed by atoms with Gasteiger partial charge in [-0.05, 0) is 30.4 Å². The molecule has 0 aromatic heterocycles. The van der Waals surface area contributed by atoms with Gasteiger partial charge in [0, 0.05) is 32.2 Å². The minimum absolute atomic E-state index is 0.163. The number of amides is 2. The van der Waals surface area contributed by atoms with Crippen molar-refractivity contribution < 1.29 is 9.59 Å². The summed E-state index contributed by atoms with van der Waals surface area (Å²) in [5.74, 6) is 0.335. The molecule has 1 aromatic carbocycles. The smallest absolute Gasteiger partial charge is 0.236 e. The number of aryl methyl sites for hydroxylation is 1. The molecule has 2 amide bonds. The molecule has 2 aliphatic rings. The lowest BCUT2D eigenvalue weighted by Gasteiger charge is -2.41. The van der Waals surface area contributed by atoms with Gasteiger partial charge >= 0.3 is 0 Å². The molecule has 3 rings (SSSR count). The van der Waals surface area contributed by atoms with E-state index in [2.05, 4.69) is 36.5 Å². The summed E-state index contributed by atoms with van der Waals surface area (Å²) in [6.07, 6.45) is 3.44. The maximum absolute atomic E-state index is 12.6. The number of piperidine rings is 1. The number of hydrogen-bond acceptors (Lipinski definition) is 3. The molecule has 5 nitrogen and oxygen atoms in total. The number of hydrogen-bond donors (Lipinski definition) is 1. The van der Waals surface area contributed by atoms with Crippen molar-refractivity contribution in [3.05, 3.63) is 35.4 Å². The number of likely N-dealkylation sites (tertiary alicyclic amines) is 1. The number of nitrogens with one attached hydrogen (secondary N) is 1. The molecule has 1 unspecified atom stereocenters. The van der Waals surface area contributed by atoms with Crippen LogP contribution in [0, 0.1) is 0 Å². The van der Waals surface area contributed by atoms with Crippen molar-refractivity contribution in [1.29, 1.82) is 0 Å². The van der Waals surface area contributed by atoms with Gasteiger partial charge in [-0.1, -0.05) is 31.2 Å². The molecule has 1 N–H and O–H groups in total. The number of nitrogens with zero attached hydrogens (tertiary/aromatic N) is 2. The van der Waals surface area contributed by atoms with E-state index in [0.29, 0.717) is 19.5 Å². The SMILES string of the molecule is CCc1ccc(CC(=O)N2CCCC(N3CCNCC3=O)C2)cc1. The summed E-state index contributed by atoms with van der Waals surface area (Å²) < 4.78 is 0. The van der Waals surface area contributed by atoms with E-state index in [4.69, 9.17) is 0 Å². The van der Waals surface area contributed by atoms with E-state index in [-0.39, 0.29) is 17.9 Å². The van der Waals surface area contributed by atoms with E-state index in [0.717, 1.165) is 44.5 Å². The van der Waals surface area contributed by atoms with Crippen molar-refractivity contribution in [3.63, 3.8) is 0 Å². The molecule has 2 aliphatic heterocycles. The van der Waals surface area contributed by atoms with Crippen LogP contribution < -0.4 is 5.32 Å². The van der Waals surface area contributed by atoms with E-state index in [1.54, 1.807) is 0 Å². The van der Waals surface area contributed by atoms with Crippen molar-refractivity contribution in [3.8, 4) is 0 Å². The zero-order chi connectivity index (χ0) is 16.9. The number of carbonyl (C=O) groups excluding carboxylic acids is 2. The first-order valence-corrected chi connectivity index (χ1v) is 9.03. The van der Waals surface area contributed by atoms with E-state index in [9.17, 15) is 9.59 Å². The number of benzene rings is 1. The average molecular weight is 329 g/mol. The highest BCUT2D eigenvalue weighted by Crippen LogP contribution is 2.18. The van der Waals surface area contributed by atoms with E-state index < -0.39 is 0 Å². The molecule has 2 fully saturated rings. The second-order valence-electron chi connectivity index (χ2n) is 6.75. The van der Waals surface area contributed by atoms with Crippen LogP contribution in [0.25, 0.3) is 0 Å². The van der Waals surface area contributed by atoms with Gasteiger partial charge in [0.05, 0.1) is 13.0 Å². The van der Waals surface area contributed by atoms with Gasteiger partial charge in [0.15, 0.2) is 0 Å². The molecule has 0 radical (unpaired) electrons. The third kappa shape index (κ3) is 3.96. The molecule has 130 valence electrons. The summed E-state index contributed by atoms with van der Waals surface area (Å²) in [7, 11) is 0. The Morgan fingerprint density at radius 2 is 1.96 bits per heavy atom. The maximum atomic E-state index is 12.6. The standard InChI is InChI=1S/C19H27N3O2/c1-2-15-5-7-16(8-6-15)12-18(23)21-10-3-4-17(14-21)22-11-9-20-13-19(22)24/h5-8,17,20H,2-4,9-14H2,1H3. The van der Waals surface area contributed by atoms with Crippen molar-refractivity contribution in [2.75, 3.05) is 32.7 Å². The average Bonchev–Trinajstić information content (AvgIpc) is 2.63. The van der Waals surface area contributed by atoms with Crippen LogP contribution in [0.3, 0.4) is 0 Å². The lowest BCUT2D eigenvalue weighted by molar-refractivity contribution is -0.140. The lowest BCUT2D eigenvalue weighted by atomic mass is 10.0. The fourth-order valence-electron chi connectivity index (χ4n) is 3.62. The molecule has 24 heavy (non-hydrogen) atoms. The maximum Gasteiger partial charge on any atom is 0.236 e. The molecular formula is C19H27N3O2. The topological polar surface area (TPSA) is 52.7 Å². The van der Waals surface area contributed by atoms with Crippen molar-refractivity contribution >= 4 is 11.8 Å². The first-order valence-electron chi connectivity index (χ1n) is 9.03. The Labute approximate surface area is 144 Å². The molecular weight excluding hydrogens is 302 g/mol. The Balaban J connectivity index is 1.59. The normalized spacial score (nSPS) is 21.9. The first kappa shape index (κ1) is 17.0. The minimum atomic E-state index is 0.163. The predicted molar refractivity (Wildman–Crippen MR) is 93.7 cm³/mol. The lowest BCUT2D eigenvalue weighted by Crippen LogP contribution is -2.57. The van der Waals surface area contributed by atoms with Crippen LogP contribution in [0.15, 0.2) is 24.3 Å². The van der Waals surface area contributed by atoms with E-state index >= 15 is 0 Å². The van der Waals surface area contributed by atoms with Gasteiger partial charge in [-0.25, -0.2) is 0 Å². The highest BCUT2D eigenvalue weighted by atomic mass is 16.2. The van der Waals surface area contributed by atoms with E-state index in [1.807, 2.05) is 9.80 Å². The highest BCUT2D eigenvalue weighted by molar-refractivity contribution is 5.80. The Bertz CT molecular complexity index is 585. The van der Waals surface area contributed by atoms with Gasteiger partial charge in [0.1, 0.15) is 0 Å². The van der Waals surface area contributed by atoms with Crippen LogP contribution in [0.5, 0.6) is 0 Å². The van der Waals surface area contributed by atoms with Crippen LogP contribution >= 0.6 is 0 Å². The van der Waals surface area contributed by atoms with Crippen LogP contribution in [0.1, 0.15) is 30.9 Å². The molecule has 0 saturated carbocycles. The van der Waals surface area contributed by atoms with Crippen molar-refractivity contribution in [1.82, 2.24) is 15.1 Å². The number of piperazine rings is 1. The largest absolute Gasteiger partial charge is 0.340 e. The van der Waals surface area contributed by atoms with Gasteiger partial charge < -0.3 is 15.1 Å². The summed E-state index contributed by atoms with van der Waals surface area (Å²) in [6.45, 7) is 5.64. The molecule has 0 aliphatic carbocycles. The van der Waals surface area contributed by atoms with Gasteiger partial charge in [-0.3, -0.25) is 9.59 Å². The molecule has 2 saturated heterocycles. The minimum Gasteiger partial charge on any atom is -0.340 e. The third-order valence-electron chi connectivity index (χ3n) is 5.10. The summed E-state index contributed by atoms with van der Waals surface area (Å²) in [5.41, 5.74) is 2.36. The zero-order valence-electron chi connectivity index (χ0n) is 14.5. The Morgan fingerprint density at radius 3 is 2.67 bits per heavy atom. The van der Waals surface area contributed by atoms with Crippen LogP contribution in [-0.4, -0.2) is 60.4 Å². The number of rotatable bonds is 4. The Morgan fingerprint density at radius 1 is 1.21 bits per heavy atom. The van der Waals surface area contributed by atoms with Crippen LogP contribution in [0.2, 0.25) is 0 Å². The van der Waals surface area contributed by atoms with Crippen LogP contribution in [-0.2, 0) is 22.4 Å². The van der Waals surface area contributed by atoms with E-state index in [1.165, 1.54) is 5.56 Å². The van der Waals surface area contributed by atoms with Crippen molar-refractivity contribution in [2.24, 2.45) is 0 Å². The molecule has 5 heteroatoms. The molecule has 0 bridgehead atoms. The van der Waals surface area contributed by atoms with Crippen molar-refractivity contribution in [2.45, 2.75) is 38.6 Å². The van der Waals surface area contributed by atoms with Crippen LogP contribution in [0.4, 0.5) is 0 Å². The number of carbonyl (C=O) groups is 2. The summed E-state index contributed by atoms with van der Waals surface area (Å²) in [5, 5.41) is 3.11. The zero-order valence-corrected chi connectivity index (χ0v) is 14.5. The van der Waals surface area contributed by atoms with Gasteiger partial charge in [0.25, 0.3) is 0 Å². The Hall–Kier alpha value is -1.88. The Kier molecular flexibility index (Phi) is 5.51. The monoisotopic (exact) mass is 329 g/mol. The van der Waals surface area contributed by atoms with Gasteiger partial charge in [0.2, 0.25) is 11.8 Å². The molecule has 2 heterocycles. The summed E-state index contributed by atoms with van der Waals surface area (Å²) >= 11 is 0. The summed E-state index contributed by atoms with van der Waals surface area (Å²) in [6, 6.07) is 8.48. The predicted octanol–water partition coefficient (Wildman–Crippen LogP) is 1.21. The second-order valence-corrected chi connectivity index (χ2v) is 6.75.